The number of ether oxygens (including phenoxy) is 1. The summed E-state index contributed by atoms with van der Waals surface area (Å²) in [5, 5.41) is 12.6. The molecule has 34 heavy (non-hydrogen) atoms. The average molecular weight is 503 g/mol. The van der Waals surface area contributed by atoms with Crippen molar-refractivity contribution < 1.29 is 13.2 Å². The minimum atomic E-state index is -3.61. The lowest BCUT2D eigenvalue weighted by Crippen LogP contribution is -2.23. The van der Waals surface area contributed by atoms with Crippen molar-refractivity contribution in [2.24, 2.45) is 14.1 Å². The van der Waals surface area contributed by atoms with Gasteiger partial charge in [-0.25, -0.2) is 13.2 Å². The highest BCUT2D eigenvalue weighted by molar-refractivity contribution is 7.90. The maximum absolute atomic E-state index is 12.5. The molecule has 0 atom stereocenters. The summed E-state index contributed by atoms with van der Waals surface area (Å²) < 4.78 is 34.7. The number of rotatable bonds is 6. The highest BCUT2D eigenvalue weighted by atomic mass is 35.5. The van der Waals surface area contributed by atoms with E-state index in [0.29, 0.717) is 16.5 Å². The van der Waals surface area contributed by atoms with Crippen molar-refractivity contribution in [1.82, 2.24) is 29.6 Å². The molecule has 0 spiro atoms. The average Bonchev–Trinajstić information content (AvgIpc) is 3.25. The molecule has 0 aliphatic rings. The number of halogens is 1. The standard InChI is InChI=1S/C22H23ClN6O4S/c1-13-11-15(20-14(2)21(23)27(3)24-20)9-10-18(13)33-12-16-17(29-22(30)28(4)25-26-29)7-6-8-19(16)34(5,31)32/h6-11H,12H2,1-5H3. The Bertz CT molecular complexity index is 1570. The molecule has 0 bridgehead atoms. The summed E-state index contributed by atoms with van der Waals surface area (Å²) >= 11 is 6.26. The zero-order valence-electron chi connectivity index (χ0n) is 19.3. The van der Waals surface area contributed by atoms with Gasteiger partial charge in [0, 0.05) is 37.0 Å². The summed E-state index contributed by atoms with van der Waals surface area (Å²) in [6.07, 6.45) is 1.11. The van der Waals surface area contributed by atoms with Gasteiger partial charge < -0.3 is 4.74 Å². The van der Waals surface area contributed by atoms with Gasteiger partial charge in [0.15, 0.2) is 9.84 Å². The Balaban J connectivity index is 1.72. The fourth-order valence-electron chi connectivity index (χ4n) is 3.70. The van der Waals surface area contributed by atoms with Crippen LogP contribution in [0.1, 0.15) is 16.7 Å². The Morgan fingerprint density at radius 2 is 1.79 bits per heavy atom. The molecule has 0 saturated heterocycles. The van der Waals surface area contributed by atoms with Crippen LogP contribution in [0, 0.1) is 13.8 Å². The van der Waals surface area contributed by atoms with Crippen LogP contribution in [0.25, 0.3) is 16.9 Å². The van der Waals surface area contributed by atoms with Crippen molar-refractivity contribution in [3.8, 4) is 22.7 Å². The zero-order valence-corrected chi connectivity index (χ0v) is 20.8. The van der Waals surface area contributed by atoms with Crippen LogP contribution in [0.5, 0.6) is 5.75 Å². The van der Waals surface area contributed by atoms with E-state index >= 15 is 0 Å². The molecule has 0 radical (unpaired) electrons. The normalized spacial score (nSPS) is 11.7. The van der Waals surface area contributed by atoms with Crippen LogP contribution in [-0.4, -0.2) is 44.2 Å². The van der Waals surface area contributed by atoms with Crippen LogP contribution in [0.2, 0.25) is 5.15 Å². The third-order valence-electron chi connectivity index (χ3n) is 5.48. The van der Waals surface area contributed by atoms with Crippen molar-refractivity contribution in [3.05, 3.63) is 68.7 Å². The number of nitrogens with zero attached hydrogens (tertiary/aromatic N) is 6. The summed E-state index contributed by atoms with van der Waals surface area (Å²) in [7, 11) is -0.365. The molecule has 0 unspecified atom stereocenters. The highest BCUT2D eigenvalue weighted by Gasteiger charge is 2.21. The molecule has 0 N–H and O–H groups in total. The van der Waals surface area contributed by atoms with E-state index in [0.717, 1.165) is 38.0 Å². The van der Waals surface area contributed by atoms with Gasteiger partial charge >= 0.3 is 5.69 Å². The molecule has 0 aliphatic carbocycles. The van der Waals surface area contributed by atoms with Gasteiger partial charge in [-0.3, -0.25) is 4.68 Å². The molecule has 10 nitrogen and oxygen atoms in total. The number of hydrogen-bond acceptors (Lipinski definition) is 7. The van der Waals surface area contributed by atoms with E-state index in [2.05, 4.69) is 15.5 Å². The Kier molecular flexibility index (Phi) is 6.09. The van der Waals surface area contributed by atoms with Gasteiger partial charge in [0.1, 0.15) is 17.5 Å². The van der Waals surface area contributed by atoms with E-state index in [-0.39, 0.29) is 17.2 Å². The van der Waals surface area contributed by atoms with E-state index in [9.17, 15) is 13.2 Å². The summed E-state index contributed by atoms with van der Waals surface area (Å²) in [5.41, 5.74) is 3.45. The first kappa shape index (κ1) is 23.7. The van der Waals surface area contributed by atoms with Crippen LogP contribution >= 0.6 is 11.6 Å². The van der Waals surface area contributed by atoms with E-state index in [1.54, 1.807) is 29.9 Å². The van der Waals surface area contributed by atoms with E-state index in [4.69, 9.17) is 16.3 Å². The molecule has 178 valence electrons. The predicted molar refractivity (Wildman–Crippen MR) is 127 cm³/mol. The maximum atomic E-state index is 12.5. The van der Waals surface area contributed by atoms with E-state index in [1.807, 2.05) is 26.0 Å². The number of sulfone groups is 1. The fraction of sp³-hybridized carbons (Fsp3) is 0.273. The van der Waals surface area contributed by atoms with Crippen LogP contribution in [0.15, 0.2) is 46.1 Å². The lowest BCUT2D eigenvalue weighted by Gasteiger charge is -2.15. The molecule has 12 heteroatoms. The van der Waals surface area contributed by atoms with Crippen molar-refractivity contribution in [3.63, 3.8) is 0 Å². The molecule has 0 fully saturated rings. The number of aromatic nitrogens is 6. The third kappa shape index (κ3) is 4.24. The summed E-state index contributed by atoms with van der Waals surface area (Å²) in [6.45, 7) is 3.69. The lowest BCUT2D eigenvalue weighted by molar-refractivity contribution is 0.300. The second-order valence-corrected chi connectivity index (χ2v) is 10.3. The molecule has 0 amide bonds. The lowest BCUT2D eigenvalue weighted by atomic mass is 10.1. The van der Waals surface area contributed by atoms with Crippen LogP contribution < -0.4 is 10.4 Å². The van der Waals surface area contributed by atoms with Crippen molar-refractivity contribution >= 4 is 21.4 Å². The first-order valence-corrected chi connectivity index (χ1v) is 12.5. The largest absolute Gasteiger partial charge is 0.489 e. The molecule has 0 aliphatic heterocycles. The third-order valence-corrected chi connectivity index (χ3v) is 7.19. The van der Waals surface area contributed by atoms with Gasteiger partial charge in [-0.15, -0.1) is 0 Å². The van der Waals surface area contributed by atoms with Gasteiger partial charge in [-0.1, -0.05) is 17.7 Å². The van der Waals surface area contributed by atoms with Crippen molar-refractivity contribution in [2.45, 2.75) is 25.3 Å². The first-order valence-electron chi connectivity index (χ1n) is 10.2. The van der Waals surface area contributed by atoms with Crippen molar-refractivity contribution in [1.29, 1.82) is 0 Å². The minimum absolute atomic E-state index is 0.0515. The monoisotopic (exact) mass is 502 g/mol. The topological polar surface area (TPSA) is 114 Å². The molecular weight excluding hydrogens is 480 g/mol. The van der Waals surface area contributed by atoms with Gasteiger partial charge in [0.2, 0.25) is 0 Å². The van der Waals surface area contributed by atoms with Crippen LogP contribution in [0.3, 0.4) is 0 Å². The molecule has 2 heterocycles. The molecule has 2 aromatic heterocycles. The van der Waals surface area contributed by atoms with E-state index in [1.165, 1.54) is 13.1 Å². The number of aryl methyl sites for hydroxylation is 3. The Morgan fingerprint density at radius 1 is 1.06 bits per heavy atom. The van der Waals surface area contributed by atoms with Gasteiger partial charge in [-0.05, 0) is 60.2 Å². The van der Waals surface area contributed by atoms with E-state index < -0.39 is 15.5 Å². The predicted octanol–water partition coefficient (Wildman–Crippen LogP) is 2.62. The molecular formula is C22H23ClN6O4S. The SMILES string of the molecule is Cc1cc(-c2nn(C)c(Cl)c2C)ccc1OCc1c(-n2nnn(C)c2=O)cccc1S(C)(=O)=O. The Morgan fingerprint density at radius 3 is 2.35 bits per heavy atom. The van der Waals surface area contributed by atoms with Gasteiger partial charge in [0.25, 0.3) is 0 Å². The van der Waals surface area contributed by atoms with Gasteiger partial charge in [0.05, 0.1) is 16.3 Å². The van der Waals surface area contributed by atoms with Crippen molar-refractivity contribution in [2.75, 3.05) is 6.26 Å². The van der Waals surface area contributed by atoms with Crippen LogP contribution in [-0.2, 0) is 30.5 Å². The fourth-order valence-corrected chi connectivity index (χ4v) is 4.77. The number of hydrogen-bond donors (Lipinski definition) is 0. The number of benzene rings is 2. The summed E-state index contributed by atoms with van der Waals surface area (Å²) in [6, 6.07) is 10.2. The smallest absolute Gasteiger partial charge is 0.368 e. The zero-order chi connectivity index (χ0) is 24.8. The minimum Gasteiger partial charge on any atom is -0.489 e. The summed E-state index contributed by atoms with van der Waals surface area (Å²) in [5.74, 6) is 0.559. The second-order valence-electron chi connectivity index (χ2n) is 7.98. The summed E-state index contributed by atoms with van der Waals surface area (Å²) in [4.78, 5) is 12.5. The molecule has 2 aromatic carbocycles. The second kappa shape index (κ2) is 8.73. The highest BCUT2D eigenvalue weighted by Crippen LogP contribution is 2.31. The quantitative estimate of drug-likeness (QED) is 0.398. The molecule has 4 aromatic rings. The molecule has 0 saturated carbocycles. The molecule has 4 rings (SSSR count). The Labute approximate surface area is 201 Å². The maximum Gasteiger partial charge on any atom is 0.368 e. The van der Waals surface area contributed by atoms with Gasteiger partial charge in [-0.2, -0.15) is 14.5 Å². The Hall–Kier alpha value is -3.44. The van der Waals surface area contributed by atoms with Crippen LogP contribution in [0.4, 0.5) is 0 Å². The number of tetrazole rings is 1. The first-order chi connectivity index (χ1) is 16.0.